The lowest BCUT2D eigenvalue weighted by Crippen LogP contribution is -2.28. The molecule has 2 aromatic rings. The van der Waals surface area contributed by atoms with Gasteiger partial charge in [0.2, 0.25) is 15.9 Å². The largest absolute Gasteiger partial charge is 0.492 e. The van der Waals surface area contributed by atoms with E-state index in [0.717, 1.165) is 12.8 Å². The van der Waals surface area contributed by atoms with Gasteiger partial charge in [-0.2, -0.15) is 4.31 Å². The Hall–Kier alpha value is -2.14. The third-order valence-electron chi connectivity index (χ3n) is 4.70. The van der Waals surface area contributed by atoms with Crippen molar-refractivity contribution >= 4 is 43.1 Å². The van der Waals surface area contributed by atoms with Crippen LogP contribution in [0.4, 0.5) is 5.69 Å². The van der Waals surface area contributed by atoms with Gasteiger partial charge in [0, 0.05) is 23.8 Å². The molecule has 1 aliphatic heterocycles. The van der Waals surface area contributed by atoms with E-state index >= 15 is 0 Å². The Morgan fingerprint density at radius 3 is 2.32 bits per heavy atom. The third kappa shape index (κ3) is 5.57. The maximum atomic E-state index is 13.0. The minimum absolute atomic E-state index is 0.0314. The van der Waals surface area contributed by atoms with Gasteiger partial charge in [0.05, 0.1) is 11.5 Å². The number of sulfonamides is 1. The molecule has 1 fully saturated rings. The standard InChI is InChI=1S/C20H23ClN2O6S2/c1-2-29-18-10-7-16(13-19(18)31(27,28)23-11-3-4-12-23)22-20(24)14-30(25,26)17-8-5-15(21)6-9-17/h5-10,13H,2-4,11-12,14H2,1H3,(H,22,24). The lowest BCUT2D eigenvalue weighted by atomic mass is 10.3. The molecule has 0 aliphatic carbocycles. The molecule has 0 aromatic heterocycles. The molecule has 11 heteroatoms. The van der Waals surface area contributed by atoms with Crippen LogP contribution < -0.4 is 10.1 Å². The first-order valence-corrected chi connectivity index (χ1v) is 13.2. The molecule has 0 spiro atoms. The number of sulfone groups is 1. The number of amides is 1. The smallest absolute Gasteiger partial charge is 0.246 e. The number of anilines is 1. The highest BCUT2D eigenvalue weighted by atomic mass is 35.5. The molecule has 0 radical (unpaired) electrons. The number of benzene rings is 2. The second-order valence-corrected chi connectivity index (χ2v) is 11.3. The normalized spacial score (nSPS) is 15.0. The van der Waals surface area contributed by atoms with Crippen molar-refractivity contribution in [1.29, 1.82) is 0 Å². The van der Waals surface area contributed by atoms with E-state index < -0.39 is 31.5 Å². The summed E-state index contributed by atoms with van der Waals surface area (Å²) >= 11 is 5.77. The van der Waals surface area contributed by atoms with E-state index in [0.29, 0.717) is 18.1 Å². The summed E-state index contributed by atoms with van der Waals surface area (Å²) < 4.78 is 57.8. The van der Waals surface area contributed by atoms with Gasteiger partial charge < -0.3 is 10.1 Å². The number of carbonyl (C=O) groups excluding carboxylic acids is 1. The summed E-state index contributed by atoms with van der Waals surface area (Å²) in [5, 5.41) is 2.85. The van der Waals surface area contributed by atoms with Crippen molar-refractivity contribution in [3.05, 3.63) is 47.5 Å². The van der Waals surface area contributed by atoms with E-state index in [-0.39, 0.29) is 27.8 Å². The van der Waals surface area contributed by atoms with Gasteiger partial charge in [-0.3, -0.25) is 4.79 Å². The van der Waals surface area contributed by atoms with Crippen molar-refractivity contribution < 1.29 is 26.4 Å². The summed E-state index contributed by atoms with van der Waals surface area (Å²) in [6, 6.07) is 9.72. The molecule has 0 saturated carbocycles. The molecule has 168 valence electrons. The van der Waals surface area contributed by atoms with Gasteiger partial charge in [0.25, 0.3) is 0 Å². The Kier molecular flexibility index (Phi) is 7.25. The second kappa shape index (κ2) is 9.56. The van der Waals surface area contributed by atoms with E-state index in [1.807, 2.05) is 0 Å². The van der Waals surface area contributed by atoms with Gasteiger partial charge in [-0.25, -0.2) is 16.8 Å². The van der Waals surface area contributed by atoms with E-state index in [2.05, 4.69) is 5.32 Å². The zero-order chi connectivity index (χ0) is 22.6. The summed E-state index contributed by atoms with van der Waals surface area (Å²) in [6.45, 7) is 2.85. The number of nitrogens with one attached hydrogen (secondary N) is 1. The topological polar surface area (TPSA) is 110 Å². The van der Waals surface area contributed by atoms with E-state index in [4.69, 9.17) is 16.3 Å². The van der Waals surface area contributed by atoms with Crippen molar-refractivity contribution in [2.45, 2.75) is 29.6 Å². The summed E-state index contributed by atoms with van der Waals surface area (Å²) in [7, 11) is -7.69. The van der Waals surface area contributed by atoms with Crippen LogP contribution in [0.3, 0.4) is 0 Å². The van der Waals surface area contributed by atoms with Gasteiger partial charge in [-0.1, -0.05) is 11.6 Å². The van der Waals surface area contributed by atoms with Crippen LogP contribution in [-0.4, -0.2) is 52.5 Å². The van der Waals surface area contributed by atoms with E-state index in [1.54, 1.807) is 6.92 Å². The van der Waals surface area contributed by atoms with Crippen LogP contribution in [-0.2, 0) is 24.7 Å². The predicted molar refractivity (Wildman–Crippen MR) is 118 cm³/mol. The van der Waals surface area contributed by atoms with Crippen molar-refractivity contribution in [3.8, 4) is 5.75 Å². The molecular formula is C20H23ClN2O6S2. The molecular weight excluding hydrogens is 464 g/mol. The first kappa shape index (κ1) is 23.5. The quantitative estimate of drug-likeness (QED) is 0.614. The molecule has 1 heterocycles. The van der Waals surface area contributed by atoms with Gasteiger partial charge >= 0.3 is 0 Å². The van der Waals surface area contributed by atoms with Crippen LogP contribution >= 0.6 is 11.6 Å². The number of hydrogen-bond acceptors (Lipinski definition) is 6. The van der Waals surface area contributed by atoms with Crippen LogP contribution in [0.2, 0.25) is 5.02 Å². The minimum Gasteiger partial charge on any atom is -0.492 e. The van der Waals surface area contributed by atoms with Crippen molar-refractivity contribution in [1.82, 2.24) is 4.31 Å². The summed E-state index contributed by atoms with van der Waals surface area (Å²) in [4.78, 5) is 12.3. The highest BCUT2D eigenvalue weighted by Crippen LogP contribution is 2.31. The van der Waals surface area contributed by atoms with E-state index in [9.17, 15) is 21.6 Å². The van der Waals surface area contributed by atoms with Gasteiger partial charge in [0.15, 0.2) is 9.84 Å². The maximum absolute atomic E-state index is 13.0. The SMILES string of the molecule is CCOc1ccc(NC(=O)CS(=O)(=O)c2ccc(Cl)cc2)cc1S(=O)(=O)N1CCCC1. The number of ether oxygens (including phenoxy) is 1. The zero-order valence-electron chi connectivity index (χ0n) is 16.9. The fraction of sp³-hybridized carbons (Fsp3) is 0.350. The van der Waals surface area contributed by atoms with Crippen molar-refractivity contribution in [2.75, 3.05) is 30.8 Å². The molecule has 1 N–H and O–H groups in total. The number of carbonyl (C=O) groups is 1. The molecule has 1 amide bonds. The number of nitrogens with zero attached hydrogens (tertiary/aromatic N) is 1. The number of halogens is 1. The van der Waals surface area contributed by atoms with Crippen LogP contribution in [0.1, 0.15) is 19.8 Å². The number of hydrogen-bond donors (Lipinski definition) is 1. The Balaban J connectivity index is 1.83. The molecule has 0 atom stereocenters. The average Bonchev–Trinajstić information content (AvgIpc) is 3.25. The fourth-order valence-corrected chi connectivity index (χ4v) is 6.16. The van der Waals surface area contributed by atoms with Gasteiger partial charge in [0.1, 0.15) is 16.4 Å². The first-order chi connectivity index (χ1) is 14.6. The Labute approximate surface area is 187 Å². The van der Waals surface area contributed by atoms with Crippen molar-refractivity contribution in [2.24, 2.45) is 0 Å². The Bertz CT molecular complexity index is 1160. The molecule has 0 bridgehead atoms. The number of rotatable bonds is 8. The fourth-order valence-electron chi connectivity index (χ4n) is 3.22. The lowest BCUT2D eigenvalue weighted by Gasteiger charge is -2.19. The van der Waals surface area contributed by atoms with Crippen LogP contribution in [0.15, 0.2) is 52.3 Å². The van der Waals surface area contributed by atoms with Gasteiger partial charge in [-0.05, 0) is 62.2 Å². The summed E-state index contributed by atoms with van der Waals surface area (Å²) in [5.41, 5.74) is 0.164. The molecule has 2 aromatic carbocycles. The van der Waals surface area contributed by atoms with Gasteiger partial charge in [-0.15, -0.1) is 0 Å². The molecule has 1 saturated heterocycles. The molecule has 31 heavy (non-hydrogen) atoms. The van der Waals surface area contributed by atoms with Crippen LogP contribution in [0, 0.1) is 0 Å². The molecule has 3 rings (SSSR count). The maximum Gasteiger partial charge on any atom is 0.246 e. The minimum atomic E-state index is -3.89. The Morgan fingerprint density at radius 1 is 1.06 bits per heavy atom. The summed E-state index contributed by atoms with van der Waals surface area (Å²) in [6.07, 6.45) is 1.56. The first-order valence-electron chi connectivity index (χ1n) is 9.68. The molecule has 0 unspecified atom stereocenters. The zero-order valence-corrected chi connectivity index (χ0v) is 19.3. The third-order valence-corrected chi connectivity index (χ3v) is 8.51. The van der Waals surface area contributed by atoms with Crippen molar-refractivity contribution in [3.63, 3.8) is 0 Å². The summed E-state index contributed by atoms with van der Waals surface area (Å²) in [5.74, 6) is -1.40. The Morgan fingerprint density at radius 2 is 1.71 bits per heavy atom. The predicted octanol–water partition coefficient (Wildman–Crippen LogP) is 2.94. The molecule has 1 aliphatic rings. The lowest BCUT2D eigenvalue weighted by molar-refractivity contribution is -0.113. The van der Waals surface area contributed by atoms with E-state index in [1.165, 1.54) is 46.8 Å². The molecule has 8 nitrogen and oxygen atoms in total. The highest BCUT2D eigenvalue weighted by Gasteiger charge is 2.30. The second-order valence-electron chi connectivity index (χ2n) is 6.97. The van der Waals surface area contributed by atoms with Crippen LogP contribution in [0.25, 0.3) is 0 Å². The highest BCUT2D eigenvalue weighted by molar-refractivity contribution is 7.92. The monoisotopic (exact) mass is 486 g/mol. The van der Waals surface area contributed by atoms with Crippen LogP contribution in [0.5, 0.6) is 5.75 Å². The average molecular weight is 487 g/mol.